The van der Waals surface area contributed by atoms with E-state index in [1.807, 2.05) is 4.90 Å². The molecule has 1 heterocycles. The molecule has 0 aromatic heterocycles. The fraction of sp³-hybridized carbons (Fsp3) is 0.889. The topological polar surface area (TPSA) is 20.3 Å². The minimum Gasteiger partial charge on any atom is -0.340 e. The molecule has 0 radical (unpaired) electrons. The van der Waals surface area contributed by atoms with Gasteiger partial charge in [0.15, 0.2) is 0 Å². The molecular weight excluding hydrogens is 174 g/mol. The Hall–Kier alpha value is -0.240. The van der Waals surface area contributed by atoms with Gasteiger partial charge in [0.2, 0.25) is 5.91 Å². The Balaban J connectivity index is 0.00000121. The van der Waals surface area contributed by atoms with Gasteiger partial charge in [-0.15, -0.1) is 12.4 Å². The Labute approximate surface area is 80.7 Å². The van der Waals surface area contributed by atoms with Gasteiger partial charge < -0.3 is 4.90 Å². The molecule has 3 heteroatoms. The minimum absolute atomic E-state index is 0. The standard InChI is InChI=1S/C9H17NO.ClH/c1-3-8(2)10-7-5-4-6-9(10)11;/h8H,3-7H2,1-2H3;1H. The summed E-state index contributed by atoms with van der Waals surface area (Å²) in [7, 11) is 0. The number of amides is 1. The highest BCUT2D eigenvalue weighted by Gasteiger charge is 2.21. The largest absolute Gasteiger partial charge is 0.340 e. The van der Waals surface area contributed by atoms with Crippen LogP contribution in [0.25, 0.3) is 0 Å². The lowest BCUT2D eigenvalue weighted by molar-refractivity contribution is -0.135. The fourth-order valence-corrected chi connectivity index (χ4v) is 1.51. The monoisotopic (exact) mass is 191 g/mol. The molecule has 2 nitrogen and oxygen atoms in total. The summed E-state index contributed by atoms with van der Waals surface area (Å²) in [6.07, 6.45) is 4.12. The van der Waals surface area contributed by atoms with Crippen LogP contribution in [0.15, 0.2) is 0 Å². The average molecular weight is 192 g/mol. The number of carbonyl (C=O) groups is 1. The van der Waals surface area contributed by atoms with E-state index < -0.39 is 0 Å². The van der Waals surface area contributed by atoms with Crippen LogP contribution in [0.2, 0.25) is 0 Å². The normalized spacial score (nSPS) is 20.2. The summed E-state index contributed by atoms with van der Waals surface area (Å²) in [4.78, 5) is 13.3. The van der Waals surface area contributed by atoms with E-state index in [0.717, 1.165) is 25.8 Å². The highest BCUT2D eigenvalue weighted by Crippen LogP contribution is 2.14. The molecule has 0 N–H and O–H groups in total. The van der Waals surface area contributed by atoms with Gasteiger partial charge in [-0.3, -0.25) is 4.79 Å². The van der Waals surface area contributed by atoms with Crippen molar-refractivity contribution in [2.24, 2.45) is 0 Å². The van der Waals surface area contributed by atoms with Crippen LogP contribution in [0.5, 0.6) is 0 Å². The van der Waals surface area contributed by atoms with Crippen LogP contribution in [-0.4, -0.2) is 23.4 Å². The molecule has 1 rings (SSSR count). The molecule has 1 aliphatic rings. The maximum absolute atomic E-state index is 11.3. The summed E-state index contributed by atoms with van der Waals surface area (Å²) in [5.41, 5.74) is 0. The molecule has 0 aromatic rings. The van der Waals surface area contributed by atoms with Gasteiger partial charge in [-0.25, -0.2) is 0 Å². The van der Waals surface area contributed by atoms with E-state index in [0.29, 0.717) is 11.9 Å². The Bertz CT molecular complexity index is 149. The third-order valence-corrected chi connectivity index (χ3v) is 2.48. The van der Waals surface area contributed by atoms with Gasteiger partial charge in [0, 0.05) is 19.0 Å². The van der Waals surface area contributed by atoms with Crippen molar-refractivity contribution in [1.82, 2.24) is 4.90 Å². The van der Waals surface area contributed by atoms with Crippen molar-refractivity contribution in [2.45, 2.75) is 45.6 Å². The summed E-state index contributed by atoms with van der Waals surface area (Å²) >= 11 is 0. The molecule has 0 aliphatic carbocycles. The molecule has 1 fully saturated rings. The molecule has 0 spiro atoms. The lowest BCUT2D eigenvalue weighted by atomic mass is 10.1. The first-order valence-electron chi connectivity index (χ1n) is 4.55. The number of piperidine rings is 1. The van der Waals surface area contributed by atoms with E-state index in [1.165, 1.54) is 6.42 Å². The number of hydrogen-bond acceptors (Lipinski definition) is 1. The molecule has 1 saturated heterocycles. The van der Waals surface area contributed by atoms with E-state index in [2.05, 4.69) is 13.8 Å². The quantitative estimate of drug-likeness (QED) is 0.656. The van der Waals surface area contributed by atoms with Crippen molar-refractivity contribution in [3.05, 3.63) is 0 Å². The van der Waals surface area contributed by atoms with Gasteiger partial charge in [-0.2, -0.15) is 0 Å². The molecule has 1 unspecified atom stereocenters. The van der Waals surface area contributed by atoms with Crippen LogP contribution in [0.3, 0.4) is 0 Å². The molecule has 12 heavy (non-hydrogen) atoms. The van der Waals surface area contributed by atoms with Gasteiger partial charge >= 0.3 is 0 Å². The van der Waals surface area contributed by atoms with Gasteiger partial charge in [0.05, 0.1) is 0 Å². The van der Waals surface area contributed by atoms with Crippen LogP contribution in [0.4, 0.5) is 0 Å². The lowest BCUT2D eigenvalue weighted by Crippen LogP contribution is -2.41. The van der Waals surface area contributed by atoms with Crippen LogP contribution in [0.1, 0.15) is 39.5 Å². The van der Waals surface area contributed by atoms with Gasteiger partial charge in [0.25, 0.3) is 0 Å². The Morgan fingerprint density at radius 2 is 2.17 bits per heavy atom. The van der Waals surface area contributed by atoms with Gasteiger partial charge in [-0.05, 0) is 26.2 Å². The smallest absolute Gasteiger partial charge is 0.222 e. The first kappa shape index (κ1) is 11.8. The number of nitrogens with zero attached hydrogens (tertiary/aromatic N) is 1. The zero-order valence-corrected chi connectivity index (χ0v) is 8.69. The maximum Gasteiger partial charge on any atom is 0.222 e. The summed E-state index contributed by atoms with van der Waals surface area (Å²) < 4.78 is 0. The van der Waals surface area contributed by atoms with Crippen LogP contribution >= 0.6 is 12.4 Å². The number of likely N-dealkylation sites (tertiary alicyclic amines) is 1. The molecular formula is C9H18ClNO. The first-order chi connectivity index (χ1) is 5.25. The third kappa shape index (κ3) is 2.67. The second kappa shape index (κ2) is 5.41. The molecule has 72 valence electrons. The zero-order valence-electron chi connectivity index (χ0n) is 7.88. The molecule has 1 atom stereocenters. The van der Waals surface area contributed by atoms with Crippen molar-refractivity contribution >= 4 is 18.3 Å². The maximum atomic E-state index is 11.3. The molecule has 0 bridgehead atoms. The van der Waals surface area contributed by atoms with Crippen molar-refractivity contribution in [3.63, 3.8) is 0 Å². The van der Waals surface area contributed by atoms with Crippen molar-refractivity contribution in [3.8, 4) is 0 Å². The Morgan fingerprint density at radius 3 is 2.67 bits per heavy atom. The molecule has 0 saturated carbocycles. The Kier molecular flexibility index (Phi) is 5.31. The summed E-state index contributed by atoms with van der Waals surface area (Å²) in [5, 5.41) is 0. The van der Waals surface area contributed by atoms with E-state index in [-0.39, 0.29) is 12.4 Å². The molecule has 1 aliphatic heterocycles. The second-order valence-electron chi connectivity index (χ2n) is 3.30. The summed E-state index contributed by atoms with van der Waals surface area (Å²) in [5.74, 6) is 0.352. The van der Waals surface area contributed by atoms with Crippen molar-refractivity contribution in [2.75, 3.05) is 6.54 Å². The number of carbonyl (C=O) groups excluding carboxylic acids is 1. The van der Waals surface area contributed by atoms with Gasteiger partial charge in [0.1, 0.15) is 0 Å². The SMILES string of the molecule is CCC(C)N1CCCCC1=O.Cl. The van der Waals surface area contributed by atoms with Crippen LogP contribution < -0.4 is 0 Å². The fourth-order valence-electron chi connectivity index (χ4n) is 1.51. The van der Waals surface area contributed by atoms with E-state index in [4.69, 9.17) is 0 Å². The lowest BCUT2D eigenvalue weighted by Gasteiger charge is -2.31. The van der Waals surface area contributed by atoms with E-state index in [9.17, 15) is 4.79 Å². The predicted molar refractivity (Wildman–Crippen MR) is 52.6 cm³/mol. The summed E-state index contributed by atoms with van der Waals surface area (Å²) in [6, 6.07) is 0.447. The Morgan fingerprint density at radius 1 is 1.50 bits per heavy atom. The predicted octanol–water partition coefficient (Wildman–Crippen LogP) is 2.22. The number of halogens is 1. The molecule has 1 amide bonds. The highest BCUT2D eigenvalue weighted by molar-refractivity contribution is 5.85. The van der Waals surface area contributed by atoms with E-state index >= 15 is 0 Å². The second-order valence-corrected chi connectivity index (χ2v) is 3.30. The number of rotatable bonds is 2. The summed E-state index contributed by atoms with van der Waals surface area (Å²) in [6.45, 7) is 5.24. The highest BCUT2D eigenvalue weighted by atomic mass is 35.5. The first-order valence-corrected chi connectivity index (χ1v) is 4.55. The van der Waals surface area contributed by atoms with E-state index in [1.54, 1.807) is 0 Å². The van der Waals surface area contributed by atoms with Crippen molar-refractivity contribution < 1.29 is 4.79 Å². The van der Waals surface area contributed by atoms with Crippen molar-refractivity contribution in [1.29, 1.82) is 0 Å². The zero-order chi connectivity index (χ0) is 8.27. The minimum atomic E-state index is 0. The molecule has 0 aromatic carbocycles. The number of hydrogen-bond donors (Lipinski definition) is 0. The third-order valence-electron chi connectivity index (χ3n) is 2.48. The van der Waals surface area contributed by atoms with Crippen LogP contribution in [0, 0.1) is 0 Å². The van der Waals surface area contributed by atoms with Crippen LogP contribution in [-0.2, 0) is 4.79 Å². The van der Waals surface area contributed by atoms with Gasteiger partial charge in [-0.1, -0.05) is 6.92 Å². The average Bonchev–Trinajstić information content (AvgIpc) is 2.04.